The molecule has 2 N–H and O–H groups in total. The largest absolute Gasteiger partial charge is 0.492 e. The van der Waals surface area contributed by atoms with Crippen molar-refractivity contribution in [2.45, 2.75) is 25.7 Å². The lowest BCUT2D eigenvalue weighted by Crippen LogP contribution is -2.32. The number of hydrogen-bond acceptors (Lipinski definition) is 4. The van der Waals surface area contributed by atoms with Crippen LogP contribution in [0.25, 0.3) is 10.9 Å². The number of carbonyl (C=O) groups is 2. The molecule has 0 radical (unpaired) electrons. The van der Waals surface area contributed by atoms with Gasteiger partial charge in [0.2, 0.25) is 0 Å². The highest BCUT2D eigenvalue weighted by molar-refractivity contribution is 5.97. The summed E-state index contributed by atoms with van der Waals surface area (Å²) in [6.07, 6.45) is 4.45. The standard InChI is InChI=1S/C23H24N2O4/c26-22(24-12-13-28-17-6-2-1-3-7-17)15-29-23(27)16-10-11-21-19(14-16)18-8-4-5-9-20(18)25-21/h1-3,6-7,10-11,14,25H,4-5,8-9,12-13,15H2,(H,24,26). The van der Waals surface area contributed by atoms with Gasteiger partial charge in [-0.15, -0.1) is 0 Å². The molecular weight excluding hydrogens is 368 g/mol. The molecule has 4 rings (SSSR count). The molecule has 1 aliphatic carbocycles. The van der Waals surface area contributed by atoms with Crippen LogP contribution in [0.15, 0.2) is 48.5 Å². The quantitative estimate of drug-likeness (QED) is 0.477. The molecule has 1 heterocycles. The first-order chi connectivity index (χ1) is 14.2. The zero-order valence-electron chi connectivity index (χ0n) is 16.2. The summed E-state index contributed by atoms with van der Waals surface area (Å²) in [6, 6.07) is 14.9. The van der Waals surface area contributed by atoms with Crippen LogP contribution < -0.4 is 10.1 Å². The lowest BCUT2D eigenvalue weighted by Gasteiger charge is -2.10. The molecule has 0 aliphatic heterocycles. The summed E-state index contributed by atoms with van der Waals surface area (Å²) in [5.41, 5.74) is 4.08. The molecule has 6 nitrogen and oxygen atoms in total. The Bertz CT molecular complexity index is 1010. The first-order valence-corrected chi connectivity index (χ1v) is 9.96. The van der Waals surface area contributed by atoms with Crippen LogP contribution in [0, 0.1) is 0 Å². The molecule has 1 aliphatic rings. The molecule has 0 saturated carbocycles. The molecule has 0 unspecified atom stereocenters. The van der Waals surface area contributed by atoms with Gasteiger partial charge in [-0.25, -0.2) is 4.79 Å². The van der Waals surface area contributed by atoms with Crippen LogP contribution in [0.1, 0.15) is 34.5 Å². The van der Waals surface area contributed by atoms with Crippen LogP contribution in [0.2, 0.25) is 0 Å². The maximum absolute atomic E-state index is 12.4. The zero-order valence-corrected chi connectivity index (χ0v) is 16.2. The van der Waals surface area contributed by atoms with Gasteiger partial charge < -0.3 is 19.8 Å². The highest BCUT2D eigenvalue weighted by Gasteiger charge is 2.17. The minimum atomic E-state index is -0.492. The SMILES string of the molecule is O=C(COC(=O)c1ccc2[nH]c3c(c2c1)CCCC3)NCCOc1ccccc1. The van der Waals surface area contributed by atoms with Crippen molar-refractivity contribution < 1.29 is 19.1 Å². The van der Waals surface area contributed by atoms with Gasteiger partial charge in [-0.3, -0.25) is 4.79 Å². The number of hydrogen-bond donors (Lipinski definition) is 2. The van der Waals surface area contributed by atoms with Gasteiger partial charge in [0.1, 0.15) is 12.4 Å². The second kappa shape index (κ2) is 8.82. The number of nitrogens with one attached hydrogen (secondary N) is 2. The first kappa shape index (κ1) is 19.1. The van der Waals surface area contributed by atoms with Gasteiger partial charge in [0.05, 0.1) is 12.1 Å². The van der Waals surface area contributed by atoms with Crippen LogP contribution in [0.5, 0.6) is 5.75 Å². The van der Waals surface area contributed by atoms with E-state index in [0.717, 1.165) is 29.5 Å². The fourth-order valence-electron chi connectivity index (χ4n) is 3.67. The number of fused-ring (bicyclic) bond motifs is 3. The number of para-hydroxylation sites is 1. The number of aromatic amines is 1. The molecule has 6 heteroatoms. The van der Waals surface area contributed by atoms with E-state index in [1.54, 1.807) is 6.07 Å². The summed E-state index contributed by atoms with van der Waals surface area (Å²) in [6.45, 7) is 0.374. The van der Waals surface area contributed by atoms with E-state index in [1.807, 2.05) is 42.5 Å². The Morgan fingerprint density at radius 3 is 2.72 bits per heavy atom. The van der Waals surface area contributed by atoms with Gasteiger partial charge in [0.15, 0.2) is 6.61 Å². The molecule has 1 amide bonds. The molecule has 29 heavy (non-hydrogen) atoms. The van der Waals surface area contributed by atoms with E-state index in [4.69, 9.17) is 9.47 Å². The third-order valence-electron chi connectivity index (χ3n) is 5.10. The molecule has 0 spiro atoms. The number of H-pyrrole nitrogens is 1. The third-order valence-corrected chi connectivity index (χ3v) is 5.10. The molecule has 1 aromatic heterocycles. The van der Waals surface area contributed by atoms with Crippen molar-refractivity contribution in [3.05, 3.63) is 65.4 Å². The van der Waals surface area contributed by atoms with Crippen LogP contribution in [-0.4, -0.2) is 36.6 Å². The van der Waals surface area contributed by atoms with Crippen molar-refractivity contribution in [1.29, 1.82) is 0 Å². The van der Waals surface area contributed by atoms with Gasteiger partial charge >= 0.3 is 5.97 Å². The van der Waals surface area contributed by atoms with Crippen molar-refractivity contribution in [1.82, 2.24) is 10.3 Å². The van der Waals surface area contributed by atoms with Crippen molar-refractivity contribution >= 4 is 22.8 Å². The predicted molar refractivity (Wildman–Crippen MR) is 110 cm³/mol. The van der Waals surface area contributed by atoms with Crippen LogP contribution in [-0.2, 0) is 22.4 Å². The summed E-state index contributed by atoms with van der Waals surface area (Å²) >= 11 is 0. The van der Waals surface area contributed by atoms with Gasteiger partial charge in [-0.2, -0.15) is 0 Å². The van der Waals surface area contributed by atoms with Crippen LogP contribution in [0.4, 0.5) is 0 Å². The Kier molecular flexibility index (Phi) is 5.79. The molecule has 0 atom stereocenters. The minimum absolute atomic E-state index is 0.312. The fourth-order valence-corrected chi connectivity index (χ4v) is 3.67. The van der Waals surface area contributed by atoms with Gasteiger partial charge in [0, 0.05) is 16.6 Å². The summed E-state index contributed by atoms with van der Waals surface area (Å²) in [4.78, 5) is 27.7. The van der Waals surface area contributed by atoms with E-state index in [0.29, 0.717) is 18.7 Å². The van der Waals surface area contributed by atoms with Crippen molar-refractivity contribution in [3.63, 3.8) is 0 Å². The van der Waals surface area contributed by atoms with Crippen molar-refractivity contribution in [2.75, 3.05) is 19.8 Å². The average molecular weight is 392 g/mol. The Morgan fingerprint density at radius 1 is 1.03 bits per heavy atom. The van der Waals surface area contributed by atoms with E-state index in [-0.39, 0.29) is 12.5 Å². The number of aryl methyl sites for hydroxylation is 2. The fraction of sp³-hybridized carbons (Fsp3) is 0.304. The van der Waals surface area contributed by atoms with Crippen molar-refractivity contribution in [3.8, 4) is 5.75 Å². The minimum Gasteiger partial charge on any atom is -0.492 e. The van der Waals surface area contributed by atoms with Crippen molar-refractivity contribution in [2.24, 2.45) is 0 Å². The Balaban J connectivity index is 1.26. The monoisotopic (exact) mass is 392 g/mol. The summed E-state index contributed by atoms with van der Waals surface area (Å²) in [7, 11) is 0. The van der Waals surface area contributed by atoms with Gasteiger partial charge in [-0.05, 0) is 61.6 Å². The molecule has 0 saturated heterocycles. The normalized spacial score (nSPS) is 13.0. The van der Waals surface area contributed by atoms with Crippen LogP contribution >= 0.6 is 0 Å². The Labute approximate surface area is 169 Å². The maximum Gasteiger partial charge on any atom is 0.338 e. The van der Waals surface area contributed by atoms with E-state index >= 15 is 0 Å². The number of benzene rings is 2. The second-order valence-corrected chi connectivity index (χ2v) is 7.14. The van der Waals surface area contributed by atoms with Gasteiger partial charge in [-0.1, -0.05) is 18.2 Å². The predicted octanol–water partition coefficient (Wildman–Crippen LogP) is 3.40. The number of aromatic nitrogens is 1. The molecule has 0 bridgehead atoms. The maximum atomic E-state index is 12.4. The summed E-state index contributed by atoms with van der Waals surface area (Å²) in [5, 5.41) is 3.76. The molecule has 2 aromatic carbocycles. The van der Waals surface area contributed by atoms with Crippen LogP contribution in [0.3, 0.4) is 0 Å². The van der Waals surface area contributed by atoms with E-state index in [1.165, 1.54) is 24.1 Å². The lowest BCUT2D eigenvalue weighted by atomic mass is 9.95. The highest BCUT2D eigenvalue weighted by atomic mass is 16.5. The Morgan fingerprint density at radius 2 is 1.86 bits per heavy atom. The number of carbonyl (C=O) groups excluding carboxylic acids is 2. The molecule has 3 aromatic rings. The average Bonchev–Trinajstić information content (AvgIpc) is 3.13. The van der Waals surface area contributed by atoms with E-state index in [9.17, 15) is 9.59 Å². The third kappa shape index (κ3) is 4.59. The summed E-state index contributed by atoms with van der Waals surface area (Å²) in [5.74, 6) is -0.0982. The van der Waals surface area contributed by atoms with E-state index < -0.39 is 5.97 Å². The molecule has 150 valence electrons. The number of rotatable bonds is 7. The number of ether oxygens (including phenoxy) is 2. The lowest BCUT2D eigenvalue weighted by molar-refractivity contribution is -0.124. The van der Waals surface area contributed by atoms with E-state index in [2.05, 4.69) is 10.3 Å². The number of esters is 1. The molecular formula is C23H24N2O4. The Hall–Kier alpha value is -3.28. The van der Waals surface area contributed by atoms with Gasteiger partial charge in [0.25, 0.3) is 5.91 Å². The smallest absolute Gasteiger partial charge is 0.338 e. The summed E-state index contributed by atoms with van der Waals surface area (Å²) < 4.78 is 10.7. The zero-order chi connectivity index (χ0) is 20.1. The topological polar surface area (TPSA) is 80.4 Å². The molecule has 0 fully saturated rings. The first-order valence-electron chi connectivity index (χ1n) is 9.96. The highest BCUT2D eigenvalue weighted by Crippen LogP contribution is 2.29. The second-order valence-electron chi connectivity index (χ2n) is 7.14. The number of amides is 1.